The van der Waals surface area contributed by atoms with Gasteiger partial charge in [-0.3, -0.25) is 0 Å². The lowest BCUT2D eigenvalue weighted by Gasteiger charge is -2.31. The van der Waals surface area contributed by atoms with Gasteiger partial charge in [0.15, 0.2) is 0 Å². The molecule has 1 N–H and O–H groups in total. The number of hydrogen-bond donors (Lipinski definition) is 1. The Morgan fingerprint density at radius 2 is 2.20 bits per heavy atom. The van der Waals surface area contributed by atoms with Crippen molar-refractivity contribution in [3.05, 3.63) is 22.3 Å². The van der Waals surface area contributed by atoms with Crippen LogP contribution in [-0.2, 0) is 6.54 Å². The molecule has 1 aliphatic heterocycles. The average molecular weight is 340 g/mol. The fourth-order valence-corrected chi connectivity index (χ4v) is 3.47. The van der Waals surface area contributed by atoms with E-state index in [0.717, 1.165) is 24.0 Å². The van der Waals surface area contributed by atoms with Crippen molar-refractivity contribution < 1.29 is 0 Å². The predicted molar refractivity (Wildman–Crippen MR) is 89.2 cm³/mol. The lowest BCUT2D eigenvalue weighted by atomic mass is 10.1. The summed E-state index contributed by atoms with van der Waals surface area (Å²) in [6, 6.07) is 3.45. The van der Waals surface area contributed by atoms with Gasteiger partial charge >= 0.3 is 0 Å². The summed E-state index contributed by atoms with van der Waals surface area (Å²) in [5.41, 5.74) is 1.31. The maximum absolute atomic E-state index is 4.73. The van der Waals surface area contributed by atoms with Gasteiger partial charge in [0.05, 0.1) is 0 Å². The molecule has 112 valence electrons. The minimum Gasteiger partial charge on any atom is -0.351 e. The average Bonchev–Trinajstić information content (AvgIpc) is 2.80. The van der Waals surface area contributed by atoms with Gasteiger partial charge in [-0.1, -0.05) is 13.8 Å². The summed E-state index contributed by atoms with van der Waals surface area (Å²) in [6.07, 6.45) is 6.85. The quantitative estimate of drug-likeness (QED) is 0.790. The highest BCUT2D eigenvalue weighted by atomic mass is 79.9. The Morgan fingerprint density at radius 1 is 1.40 bits per heavy atom. The van der Waals surface area contributed by atoms with Gasteiger partial charge in [0.2, 0.25) is 0 Å². The van der Waals surface area contributed by atoms with Crippen LogP contribution in [-0.4, -0.2) is 23.6 Å². The summed E-state index contributed by atoms with van der Waals surface area (Å²) in [5.74, 6) is 1.17. The van der Waals surface area contributed by atoms with Crippen molar-refractivity contribution in [3.63, 3.8) is 0 Å². The van der Waals surface area contributed by atoms with Crippen molar-refractivity contribution in [2.24, 2.45) is 0 Å². The van der Waals surface area contributed by atoms with Crippen LogP contribution in [0.1, 0.15) is 52.0 Å². The van der Waals surface area contributed by atoms with E-state index in [-0.39, 0.29) is 0 Å². The topological polar surface area (TPSA) is 28.2 Å². The van der Waals surface area contributed by atoms with Crippen LogP contribution >= 0.6 is 15.9 Å². The van der Waals surface area contributed by atoms with Crippen LogP contribution in [0.2, 0.25) is 0 Å². The number of rotatable bonds is 6. The summed E-state index contributed by atoms with van der Waals surface area (Å²) in [7, 11) is 0. The standard InChI is InChI=1S/C16H26BrN3/c1-4-8-18-10-13-9-14(17)11-19-16(13)20-12(3)6-7-15(20)5-2/h9,11-12,15,18H,4-8,10H2,1-3H3. The molecule has 1 aromatic heterocycles. The van der Waals surface area contributed by atoms with Crippen LogP contribution in [0.3, 0.4) is 0 Å². The van der Waals surface area contributed by atoms with E-state index < -0.39 is 0 Å². The van der Waals surface area contributed by atoms with Crippen molar-refractivity contribution in [1.82, 2.24) is 10.3 Å². The Kier molecular flexibility index (Phi) is 5.85. The molecule has 0 spiro atoms. The van der Waals surface area contributed by atoms with Crippen LogP contribution in [0.25, 0.3) is 0 Å². The molecular weight excluding hydrogens is 314 g/mol. The van der Waals surface area contributed by atoms with Gasteiger partial charge in [0.25, 0.3) is 0 Å². The molecule has 20 heavy (non-hydrogen) atoms. The summed E-state index contributed by atoms with van der Waals surface area (Å²) in [4.78, 5) is 7.26. The third kappa shape index (κ3) is 3.53. The number of nitrogens with one attached hydrogen (secondary N) is 1. The van der Waals surface area contributed by atoms with Gasteiger partial charge < -0.3 is 10.2 Å². The monoisotopic (exact) mass is 339 g/mol. The molecule has 0 aromatic carbocycles. The highest BCUT2D eigenvalue weighted by molar-refractivity contribution is 9.10. The lowest BCUT2D eigenvalue weighted by Crippen LogP contribution is -2.36. The second-order valence-corrected chi connectivity index (χ2v) is 6.62. The third-order valence-electron chi connectivity index (χ3n) is 4.15. The Bertz CT molecular complexity index is 436. The normalized spacial score (nSPS) is 22.5. The Balaban J connectivity index is 2.25. The van der Waals surface area contributed by atoms with Crippen molar-refractivity contribution in [1.29, 1.82) is 0 Å². The van der Waals surface area contributed by atoms with Crippen LogP contribution in [0.15, 0.2) is 16.7 Å². The van der Waals surface area contributed by atoms with E-state index in [1.807, 2.05) is 6.20 Å². The molecule has 2 atom stereocenters. The molecule has 0 aliphatic carbocycles. The minimum atomic E-state index is 0.596. The first-order valence-electron chi connectivity index (χ1n) is 7.80. The SMILES string of the molecule is CCCNCc1cc(Br)cnc1N1C(C)CCC1CC. The molecule has 0 saturated carbocycles. The van der Waals surface area contributed by atoms with Gasteiger partial charge in [-0.2, -0.15) is 0 Å². The minimum absolute atomic E-state index is 0.596. The van der Waals surface area contributed by atoms with E-state index in [9.17, 15) is 0 Å². The largest absolute Gasteiger partial charge is 0.351 e. The molecule has 1 aliphatic rings. The molecule has 2 rings (SSSR count). The number of aromatic nitrogens is 1. The van der Waals surface area contributed by atoms with Crippen LogP contribution < -0.4 is 10.2 Å². The second-order valence-electron chi connectivity index (χ2n) is 5.71. The number of halogens is 1. The number of pyridine rings is 1. The number of anilines is 1. The van der Waals surface area contributed by atoms with E-state index in [4.69, 9.17) is 4.98 Å². The maximum atomic E-state index is 4.73. The third-order valence-corrected chi connectivity index (χ3v) is 4.59. The highest BCUT2D eigenvalue weighted by Gasteiger charge is 2.31. The lowest BCUT2D eigenvalue weighted by molar-refractivity contribution is 0.611. The molecule has 0 amide bonds. The molecule has 0 radical (unpaired) electrons. The molecule has 1 saturated heterocycles. The first-order valence-corrected chi connectivity index (χ1v) is 8.60. The van der Waals surface area contributed by atoms with Gasteiger partial charge in [-0.15, -0.1) is 0 Å². The molecule has 1 fully saturated rings. The Morgan fingerprint density at radius 3 is 2.90 bits per heavy atom. The molecule has 0 bridgehead atoms. The zero-order chi connectivity index (χ0) is 14.5. The molecule has 3 nitrogen and oxygen atoms in total. The van der Waals surface area contributed by atoms with E-state index in [1.165, 1.54) is 30.6 Å². The second kappa shape index (κ2) is 7.41. The van der Waals surface area contributed by atoms with Crippen LogP contribution in [0.4, 0.5) is 5.82 Å². The van der Waals surface area contributed by atoms with Crippen molar-refractivity contribution >= 4 is 21.7 Å². The fourth-order valence-electron chi connectivity index (χ4n) is 3.09. The van der Waals surface area contributed by atoms with Crippen molar-refractivity contribution in [3.8, 4) is 0 Å². The van der Waals surface area contributed by atoms with E-state index >= 15 is 0 Å². The zero-order valence-corrected chi connectivity index (χ0v) is 14.4. The first kappa shape index (κ1) is 15.8. The van der Waals surface area contributed by atoms with Gasteiger partial charge in [-0.05, 0) is 61.1 Å². The Labute approximate surface area is 131 Å². The van der Waals surface area contributed by atoms with E-state index in [2.05, 4.69) is 53.0 Å². The molecular formula is C16H26BrN3. The molecule has 2 heterocycles. The van der Waals surface area contributed by atoms with Crippen LogP contribution in [0.5, 0.6) is 0 Å². The summed E-state index contributed by atoms with van der Waals surface area (Å²) in [5, 5.41) is 3.50. The van der Waals surface area contributed by atoms with Gasteiger partial charge in [-0.25, -0.2) is 4.98 Å². The summed E-state index contributed by atoms with van der Waals surface area (Å²) >= 11 is 3.55. The predicted octanol–water partition coefficient (Wildman–Crippen LogP) is 4.11. The van der Waals surface area contributed by atoms with E-state index in [1.54, 1.807) is 0 Å². The Hall–Kier alpha value is -0.610. The van der Waals surface area contributed by atoms with Gasteiger partial charge in [0.1, 0.15) is 5.82 Å². The van der Waals surface area contributed by atoms with Crippen molar-refractivity contribution in [2.45, 2.75) is 65.1 Å². The molecule has 4 heteroatoms. The summed E-state index contributed by atoms with van der Waals surface area (Å²) in [6.45, 7) is 8.75. The van der Waals surface area contributed by atoms with Crippen LogP contribution in [0, 0.1) is 0 Å². The first-order chi connectivity index (χ1) is 9.67. The fraction of sp³-hybridized carbons (Fsp3) is 0.688. The maximum Gasteiger partial charge on any atom is 0.133 e. The van der Waals surface area contributed by atoms with Gasteiger partial charge in [0, 0.05) is 34.9 Å². The number of nitrogens with zero attached hydrogens (tertiary/aromatic N) is 2. The van der Waals surface area contributed by atoms with E-state index in [0.29, 0.717) is 12.1 Å². The van der Waals surface area contributed by atoms with Crippen molar-refractivity contribution in [2.75, 3.05) is 11.4 Å². The molecule has 1 aromatic rings. The smallest absolute Gasteiger partial charge is 0.133 e. The zero-order valence-electron chi connectivity index (χ0n) is 12.8. The number of hydrogen-bond acceptors (Lipinski definition) is 3. The summed E-state index contributed by atoms with van der Waals surface area (Å²) < 4.78 is 1.06. The molecule has 2 unspecified atom stereocenters. The highest BCUT2D eigenvalue weighted by Crippen LogP contribution is 2.33.